The van der Waals surface area contributed by atoms with E-state index < -0.39 is 0 Å². The summed E-state index contributed by atoms with van der Waals surface area (Å²) in [5.74, 6) is 1.49. The van der Waals surface area contributed by atoms with Crippen LogP contribution in [0.3, 0.4) is 0 Å². The highest BCUT2D eigenvalue weighted by Crippen LogP contribution is 2.32. The molecule has 0 unspecified atom stereocenters. The van der Waals surface area contributed by atoms with Gasteiger partial charge in [0.1, 0.15) is 11.8 Å². The van der Waals surface area contributed by atoms with Gasteiger partial charge in [-0.2, -0.15) is 0 Å². The molecular formula is C21H28N6O2. The SMILES string of the molecule is CCOc1ccc2[nH]c(=O)c([C@H](c3nnnn3C(C)(C)C)N3CCCC3)cc2c1. The van der Waals surface area contributed by atoms with E-state index in [4.69, 9.17) is 4.74 Å². The second kappa shape index (κ2) is 7.59. The van der Waals surface area contributed by atoms with E-state index in [1.807, 2.05) is 35.9 Å². The molecule has 0 amide bonds. The maximum atomic E-state index is 13.1. The number of rotatable bonds is 5. The highest BCUT2D eigenvalue weighted by atomic mass is 16.5. The fraction of sp³-hybridized carbons (Fsp3) is 0.524. The minimum absolute atomic E-state index is 0.109. The Kier molecular flexibility index (Phi) is 5.12. The summed E-state index contributed by atoms with van der Waals surface area (Å²) in [5.41, 5.74) is 1.05. The largest absolute Gasteiger partial charge is 0.494 e. The summed E-state index contributed by atoms with van der Waals surface area (Å²) in [7, 11) is 0. The Labute approximate surface area is 169 Å². The van der Waals surface area contributed by atoms with Crippen molar-refractivity contribution in [2.24, 2.45) is 0 Å². The van der Waals surface area contributed by atoms with Gasteiger partial charge < -0.3 is 9.72 Å². The Morgan fingerprint density at radius 2 is 1.97 bits per heavy atom. The third kappa shape index (κ3) is 3.76. The van der Waals surface area contributed by atoms with E-state index in [0.717, 1.165) is 42.6 Å². The van der Waals surface area contributed by atoms with Gasteiger partial charge in [-0.05, 0) is 88.3 Å². The van der Waals surface area contributed by atoms with E-state index in [1.165, 1.54) is 0 Å². The number of tetrazole rings is 1. The predicted molar refractivity (Wildman–Crippen MR) is 111 cm³/mol. The van der Waals surface area contributed by atoms with Crippen LogP contribution in [0.2, 0.25) is 0 Å². The van der Waals surface area contributed by atoms with Crippen LogP contribution in [-0.2, 0) is 5.54 Å². The first-order valence-corrected chi connectivity index (χ1v) is 10.2. The van der Waals surface area contributed by atoms with Crippen LogP contribution in [0.25, 0.3) is 10.9 Å². The summed E-state index contributed by atoms with van der Waals surface area (Å²) < 4.78 is 7.47. The number of nitrogens with one attached hydrogen (secondary N) is 1. The summed E-state index contributed by atoms with van der Waals surface area (Å²) in [6.07, 6.45) is 2.21. The zero-order valence-corrected chi connectivity index (χ0v) is 17.5. The number of hydrogen-bond donors (Lipinski definition) is 1. The Bertz CT molecular complexity index is 1060. The Morgan fingerprint density at radius 3 is 2.66 bits per heavy atom. The van der Waals surface area contributed by atoms with E-state index in [-0.39, 0.29) is 17.1 Å². The molecule has 1 aliphatic heterocycles. The van der Waals surface area contributed by atoms with Gasteiger partial charge in [-0.1, -0.05) is 0 Å². The van der Waals surface area contributed by atoms with Gasteiger partial charge >= 0.3 is 0 Å². The molecule has 1 N–H and O–H groups in total. The Balaban J connectivity index is 1.89. The smallest absolute Gasteiger partial charge is 0.253 e. The number of nitrogens with zero attached hydrogens (tertiary/aromatic N) is 5. The molecule has 1 atom stereocenters. The molecule has 1 saturated heterocycles. The zero-order chi connectivity index (χ0) is 20.6. The maximum Gasteiger partial charge on any atom is 0.253 e. The van der Waals surface area contributed by atoms with Crippen LogP contribution in [0, 0.1) is 0 Å². The van der Waals surface area contributed by atoms with Crippen molar-refractivity contribution in [3.8, 4) is 5.75 Å². The molecule has 1 fully saturated rings. The van der Waals surface area contributed by atoms with Crippen LogP contribution >= 0.6 is 0 Å². The molecule has 8 heteroatoms. The first kappa shape index (κ1) is 19.6. The summed E-state index contributed by atoms with van der Waals surface area (Å²) in [6, 6.07) is 7.39. The van der Waals surface area contributed by atoms with E-state index in [1.54, 1.807) is 0 Å². The first-order valence-electron chi connectivity index (χ1n) is 10.2. The van der Waals surface area contributed by atoms with Gasteiger partial charge in [-0.3, -0.25) is 9.69 Å². The Hall–Kier alpha value is -2.74. The number of aromatic amines is 1. The van der Waals surface area contributed by atoms with Crippen molar-refractivity contribution in [2.75, 3.05) is 19.7 Å². The fourth-order valence-electron chi connectivity index (χ4n) is 4.00. The minimum Gasteiger partial charge on any atom is -0.494 e. The van der Waals surface area contributed by atoms with Crippen molar-refractivity contribution in [2.45, 2.75) is 52.1 Å². The summed E-state index contributed by atoms with van der Waals surface area (Å²) >= 11 is 0. The average molecular weight is 396 g/mol. The first-order chi connectivity index (χ1) is 13.9. The molecular weight excluding hydrogens is 368 g/mol. The molecule has 29 heavy (non-hydrogen) atoms. The quantitative estimate of drug-likeness (QED) is 0.713. The summed E-state index contributed by atoms with van der Waals surface area (Å²) in [4.78, 5) is 18.4. The Morgan fingerprint density at radius 1 is 1.21 bits per heavy atom. The van der Waals surface area contributed by atoms with Gasteiger partial charge in [0.15, 0.2) is 5.82 Å². The molecule has 154 valence electrons. The van der Waals surface area contributed by atoms with Crippen LogP contribution in [-0.4, -0.2) is 49.8 Å². The fourth-order valence-corrected chi connectivity index (χ4v) is 4.00. The van der Waals surface area contributed by atoms with Crippen molar-refractivity contribution in [1.29, 1.82) is 0 Å². The lowest BCUT2D eigenvalue weighted by atomic mass is 10.0. The number of pyridine rings is 1. The van der Waals surface area contributed by atoms with Gasteiger partial charge in [0.2, 0.25) is 0 Å². The lowest BCUT2D eigenvalue weighted by molar-refractivity contribution is 0.241. The second-order valence-corrected chi connectivity index (χ2v) is 8.50. The molecule has 1 aliphatic rings. The molecule has 3 heterocycles. The molecule has 0 bridgehead atoms. The number of H-pyrrole nitrogens is 1. The number of benzene rings is 1. The normalized spacial score (nSPS) is 16.4. The molecule has 1 aromatic carbocycles. The average Bonchev–Trinajstić information content (AvgIpc) is 3.35. The van der Waals surface area contributed by atoms with Crippen LogP contribution in [0.5, 0.6) is 5.75 Å². The van der Waals surface area contributed by atoms with Crippen molar-refractivity contribution in [3.63, 3.8) is 0 Å². The topological polar surface area (TPSA) is 88.9 Å². The van der Waals surface area contributed by atoms with Crippen molar-refractivity contribution >= 4 is 10.9 Å². The number of ether oxygens (including phenoxy) is 1. The molecule has 0 radical (unpaired) electrons. The molecule has 2 aromatic heterocycles. The number of hydrogen-bond acceptors (Lipinski definition) is 6. The van der Waals surface area contributed by atoms with Crippen LogP contribution in [0.1, 0.15) is 58.0 Å². The van der Waals surface area contributed by atoms with Crippen molar-refractivity contribution in [1.82, 2.24) is 30.1 Å². The number of fused-ring (bicyclic) bond motifs is 1. The molecule has 4 rings (SSSR count). The molecule has 0 spiro atoms. The maximum absolute atomic E-state index is 13.1. The van der Waals surface area contributed by atoms with Crippen LogP contribution in [0.15, 0.2) is 29.1 Å². The third-order valence-corrected chi connectivity index (χ3v) is 5.33. The van der Waals surface area contributed by atoms with Crippen molar-refractivity contribution in [3.05, 3.63) is 46.0 Å². The van der Waals surface area contributed by atoms with Gasteiger partial charge in [-0.25, -0.2) is 4.68 Å². The summed E-state index contributed by atoms with van der Waals surface area (Å²) in [6.45, 7) is 10.6. The van der Waals surface area contributed by atoms with Crippen LogP contribution < -0.4 is 10.3 Å². The summed E-state index contributed by atoms with van der Waals surface area (Å²) in [5, 5.41) is 13.5. The predicted octanol–water partition coefficient (Wildman–Crippen LogP) is 2.85. The second-order valence-electron chi connectivity index (χ2n) is 8.50. The standard InChI is InChI=1S/C21H28N6O2/c1-5-29-15-8-9-17-14(12-15)13-16(20(28)22-17)18(26-10-6-7-11-26)19-23-24-25-27(19)21(2,3)4/h8-9,12-13,18H,5-7,10-11H2,1-4H3,(H,22,28)/t18-/m1/s1. The number of likely N-dealkylation sites (tertiary alicyclic amines) is 1. The van der Waals surface area contributed by atoms with Gasteiger partial charge in [0.05, 0.1) is 12.1 Å². The lowest BCUT2D eigenvalue weighted by Crippen LogP contribution is -2.36. The van der Waals surface area contributed by atoms with E-state index >= 15 is 0 Å². The van der Waals surface area contributed by atoms with Crippen molar-refractivity contribution < 1.29 is 4.74 Å². The number of aromatic nitrogens is 5. The lowest BCUT2D eigenvalue weighted by Gasteiger charge is -2.29. The van der Waals surface area contributed by atoms with E-state index in [0.29, 0.717) is 18.0 Å². The highest BCUT2D eigenvalue weighted by Gasteiger charge is 2.34. The zero-order valence-electron chi connectivity index (χ0n) is 17.5. The minimum atomic E-state index is -0.296. The van der Waals surface area contributed by atoms with Gasteiger partial charge in [0, 0.05) is 16.5 Å². The third-order valence-electron chi connectivity index (χ3n) is 5.33. The van der Waals surface area contributed by atoms with E-state index in [2.05, 4.69) is 46.2 Å². The van der Waals surface area contributed by atoms with Gasteiger partial charge in [0.25, 0.3) is 5.56 Å². The van der Waals surface area contributed by atoms with E-state index in [9.17, 15) is 4.79 Å². The monoisotopic (exact) mass is 396 g/mol. The molecule has 8 nitrogen and oxygen atoms in total. The molecule has 0 aliphatic carbocycles. The van der Waals surface area contributed by atoms with Crippen LogP contribution in [0.4, 0.5) is 0 Å². The highest BCUT2D eigenvalue weighted by molar-refractivity contribution is 5.80. The van der Waals surface area contributed by atoms with Gasteiger partial charge in [-0.15, -0.1) is 5.10 Å². The molecule has 0 saturated carbocycles. The molecule has 3 aromatic rings.